The summed E-state index contributed by atoms with van der Waals surface area (Å²) in [6.07, 6.45) is -3.35. The second-order valence-corrected chi connectivity index (χ2v) is 3.47. The Morgan fingerprint density at radius 3 is 2.50 bits per heavy atom. The summed E-state index contributed by atoms with van der Waals surface area (Å²) in [7, 11) is 0. The van der Waals surface area contributed by atoms with Crippen molar-refractivity contribution in [3.63, 3.8) is 0 Å². The zero-order valence-corrected chi connectivity index (χ0v) is 9.20. The average Bonchev–Trinajstić information content (AvgIpc) is 2.35. The summed E-state index contributed by atoms with van der Waals surface area (Å²) in [6.45, 7) is -0.369. The molecule has 0 bridgehead atoms. The highest BCUT2D eigenvalue weighted by molar-refractivity contribution is 5.64. The Morgan fingerprint density at radius 2 is 2.11 bits per heavy atom. The van der Waals surface area contributed by atoms with Crippen LogP contribution in [-0.4, -0.2) is 38.2 Å². The predicted octanol–water partition coefficient (Wildman–Crippen LogP) is 1.81. The van der Waals surface area contributed by atoms with E-state index in [1.54, 1.807) is 0 Å². The van der Waals surface area contributed by atoms with Crippen molar-refractivity contribution < 1.29 is 29.0 Å². The first-order valence-electron chi connectivity index (χ1n) is 5.03. The quantitative estimate of drug-likeness (QED) is 0.555. The molecule has 1 heterocycles. The monoisotopic (exact) mass is 262 g/mol. The fourth-order valence-corrected chi connectivity index (χ4v) is 1.43. The molecule has 0 radical (unpaired) electrons. The van der Waals surface area contributed by atoms with Gasteiger partial charge in [-0.2, -0.15) is 5.06 Å². The lowest BCUT2D eigenvalue weighted by atomic mass is 10.1. The number of amides is 1. The maximum absolute atomic E-state index is 12.3. The standard InChI is InChI=1S/C10H12F2N2O4/c11-9(12)7-2-1-6(5-13-7)8(3-4-15)14(18)10(16)17/h1-2,5,8-9,15,18H,3-4H2,(H,16,17)/t8-/m0/s1. The van der Waals surface area contributed by atoms with Crippen molar-refractivity contribution >= 4 is 6.09 Å². The second-order valence-electron chi connectivity index (χ2n) is 3.47. The first-order chi connectivity index (χ1) is 8.47. The molecule has 0 aliphatic heterocycles. The molecule has 3 N–H and O–H groups in total. The summed E-state index contributed by atoms with van der Waals surface area (Å²) < 4.78 is 24.6. The third-order valence-electron chi connectivity index (χ3n) is 2.31. The van der Waals surface area contributed by atoms with E-state index in [0.29, 0.717) is 0 Å². The molecule has 8 heteroatoms. The molecule has 0 aliphatic carbocycles. The number of alkyl halides is 2. The molecule has 0 spiro atoms. The first kappa shape index (κ1) is 14.3. The Kier molecular flexibility index (Phi) is 4.93. The normalized spacial score (nSPS) is 12.5. The summed E-state index contributed by atoms with van der Waals surface area (Å²) in [4.78, 5) is 14.1. The van der Waals surface area contributed by atoms with Crippen LogP contribution in [0.1, 0.15) is 30.1 Å². The van der Waals surface area contributed by atoms with Gasteiger partial charge in [0.1, 0.15) is 5.69 Å². The van der Waals surface area contributed by atoms with E-state index in [1.165, 1.54) is 6.07 Å². The molecule has 1 atom stereocenters. The number of carbonyl (C=O) groups is 1. The van der Waals surface area contributed by atoms with Crippen LogP contribution in [0.2, 0.25) is 0 Å². The van der Waals surface area contributed by atoms with Crippen LogP contribution in [0.15, 0.2) is 18.3 Å². The Balaban J connectivity index is 2.95. The summed E-state index contributed by atoms with van der Waals surface area (Å²) in [6, 6.07) is 1.23. The minimum atomic E-state index is -2.72. The molecular formula is C10H12F2N2O4. The van der Waals surface area contributed by atoms with Gasteiger partial charge in [-0.25, -0.2) is 13.6 Å². The average molecular weight is 262 g/mol. The smallest absolute Gasteiger partial charge is 0.431 e. The van der Waals surface area contributed by atoms with E-state index in [4.69, 9.17) is 10.2 Å². The Hall–Kier alpha value is -1.80. The fraction of sp³-hybridized carbons (Fsp3) is 0.400. The second kappa shape index (κ2) is 6.22. The van der Waals surface area contributed by atoms with E-state index in [9.17, 15) is 18.8 Å². The predicted molar refractivity (Wildman–Crippen MR) is 55.3 cm³/mol. The van der Waals surface area contributed by atoms with Crippen molar-refractivity contribution in [2.75, 3.05) is 6.61 Å². The molecule has 1 rings (SSSR count). The van der Waals surface area contributed by atoms with Crippen molar-refractivity contribution in [3.05, 3.63) is 29.6 Å². The number of aliphatic hydroxyl groups is 1. The van der Waals surface area contributed by atoms with Gasteiger partial charge in [0.25, 0.3) is 6.43 Å². The number of pyridine rings is 1. The number of hydroxylamine groups is 2. The zero-order chi connectivity index (χ0) is 13.7. The van der Waals surface area contributed by atoms with Crippen LogP contribution in [0.25, 0.3) is 0 Å². The summed E-state index contributed by atoms with van der Waals surface area (Å²) in [5, 5.41) is 26.7. The van der Waals surface area contributed by atoms with Crippen LogP contribution in [0, 0.1) is 0 Å². The van der Waals surface area contributed by atoms with Crippen molar-refractivity contribution in [2.24, 2.45) is 0 Å². The van der Waals surface area contributed by atoms with E-state index in [1.807, 2.05) is 0 Å². The third kappa shape index (κ3) is 3.34. The summed E-state index contributed by atoms with van der Waals surface area (Å²) in [5.41, 5.74) is -0.223. The van der Waals surface area contributed by atoms with E-state index in [2.05, 4.69) is 4.98 Å². The summed E-state index contributed by atoms with van der Waals surface area (Å²) in [5.74, 6) is 0. The minimum absolute atomic E-state index is 0.00921. The van der Waals surface area contributed by atoms with Crippen LogP contribution in [0.4, 0.5) is 13.6 Å². The number of halogens is 2. The number of nitrogens with zero attached hydrogens (tertiary/aromatic N) is 2. The molecule has 18 heavy (non-hydrogen) atoms. The first-order valence-corrected chi connectivity index (χ1v) is 5.03. The lowest BCUT2D eigenvalue weighted by Gasteiger charge is -2.23. The lowest BCUT2D eigenvalue weighted by molar-refractivity contribution is -0.102. The highest BCUT2D eigenvalue weighted by Crippen LogP contribution is 2.24. The van der Waals surface area contributed by atoms with Gasteiger partial charge in [0.05, 0.1) is 6.04 Å². The number of aliphatic hydroxyl groups excluding tert-OH is 1. The maximum Gasteiger partial charge on any atom is 0.431 e. The van der Waals surface area contributed by atoms with Crippen LogP contribution in [-0.2, 0) is 0 Å². The van der Waals surface area contributed by atoms with Crippen molar-refractivity contribution in [2.45, 2.75) is 18.9 Å². The zero-order valence-electron chi connectivity index (χ0n) is 9.20. The van der Waals surface area contributed by atoms with Crippen molar-refractivity contribution in [3.8, 4) is 0 Å². The van der Waals surface area contributed by atoms with Gasteiger partial charge in [-0.3, -0.25) is 10.2 Å². The van der Waals surface area contributed by atoms with Gasteiger partial charge in [-0.1, -0.05) is 6.07 Å². The maximum atomic E-state index is 12.3. The van der Waals surface area contributed by atoms with Gasteiger partial charge < -0.3 is 10.2 Å². The van der Waals surface area contributed by atoms with Crippen LogP contribution in [0.3, 0.4) is 0 Å². The molecule has 0 unspecified atom stereocenters. The molecule has 1 aromatic rings. The van der Waals surface area contributed by atoms with Crippen LogP contribution in [0.5, 0.6) is 0 Å². The van der Waals surface area contributed by atoms with Gasteiger partial charge in [-0.15, -0.1) is 0 Å². The molecule has 1 aromatic heterocycles. The fourth-order valence-electron chi connectivity index (χ4n) is 1.43. The molecule has 100 valence electrons. The molecule has 0 aliphatic rings. The number of rotatable bonds is 5. The highest BCUT2D eigenvalue weighted by Gasteiger charge is 2.23. The largest absolute Gasteiger partial charge is 0.463 e. The van der Waals surface area contributed by atoms with Crippen LogP contribution >= 0.6 is 0 Å². The van der Waals surface area contributed by atoms with Crippen molar-refractivity contribution in [1.82, 2.24) is 10.0 Å². The highest BCUT2D eigenvalue weighted by atomic mass is 19.3. The Bertz CT molecular complexity index is 399. The number of aromatic nitrogens is 1. The number of hydrogen-bond acceptors (Lipinski definition) is 4. The SMILES string of the molecule is O=C(O)N(O)[C@@H](CCO)c1ccc(C(F)F)nc1. The number of hydrogen-bond donors (Lipinski definition) is 3. The molecule has 1 amide bonds. The third-order valence-corrected chi connectivity index (χ3v) is 2.31. The van der Waals surface area contributed by atoms with Crippen LogP contribution < -0.4 is 0 Å². The molecule has 0 saturated carbocycles. The van der Waals surface area contributed by atoms with E-state index >= 15 is 0 Å². The molecule has 0 aromatic carbocycles. The molecule has 0 fully saturated rings. The van der Waals surface area contributed by atoms with E-state index in [-0.39, 0.29) is 23.7 Å². The Labute approximate surface area is 101 Å². The van der Waals surface area contributed by atoms with Gasteiger partial charge in [0.15, 0.2) is 0 Å². The minimum Gasteiger partial charge on any atom is -0.463 e. The summed E-state index contributed by atoms with van der Waals surface area (Å²) >= 11 is 0. The van der Waals surface area contributed by atoms with Gasteiger partial charge in [0.2, 0.25) is 0 Å². The van der Waals surface area contributed by atoms with Gasteiger partial charge in [-0.05, 0) is 18.1 Å². The van der Waals surface area contributed by atoms with Gasteiger partial charge >= 0.3 is 6.09 Å². The van der Waals surface area contributed by atoms with E-state index in [0.717, 1.165) is 12.3 Å². The molecule has 0 saturated heterocycles. The number of carboxylic acid groups (broad SMARTS) is 1. The van der Waals surface area contributed by atoms with Gasteiger partial charge in [0, 0.05) is 12.8 Å². The van der Waals surface area contributed by atoms with Crippen molar-refractivity contribution in [1.29, 1.82) is 0 Å². The molecule has 6 nitrogen and oxygen atoms in total. The topological polar surface area (TPSA) is 93.9 Å². The Morgan fingerprint density at radius 1 is 1.44 bits per heavy atom. The molecular weight excluding hydrogens is 250 g/mol. The van der Waals surface area contributed by atoms with E-state index < -0.39 is 24.3 Å². The lowest BCUT2D eigenvalue weighted by Crippen LogP contribution is -2.31.